The number of fused-ring (bicyclic) bond motifs is 9. The van der Waals surface area contributed by atoms with Crippen molar-refractivity contribution in [2.75, 3.05) is 9.71 Å². The molecule has 0 amide bonds. The Kier molecular flexibility index (Phi) is 8.28. The average molecular weight is 849 g/mol. The highest BCUT2D eigenvalue weighted by molar-refractivity contribution is 7.26. The predicted octanol–water partition coefficient (Wildman–Crippen LogP) is 15.2. The smallest absolute Gasteiger partial charge is 0.333 e. The fraction of sp³-hybridized carbons (Fsp3) is 0.115. The summed E-state index contributed by atoms with van der Waals surface area (Å²) in [5.41, 5.74) is 20.4. The summed E-state index contributed by atoms with van der Waals surface area (Å²) in [6, 6.07) is 78.7. The van der Waals surface area contributed by atoms with E-state index >= 15 is 0 Å². The van der Waals surface area contributed by atoms with E-state index in [2.05, 4.69) is 216 Å². The second kappa shape index (κ2) is 14.4. The average Bonchev–Trinajstić information content (AvgIpc) is 3.77. The summed E-state index contributed by atoms with van der Waals surface area (Å²) in [4.78, 5) is 5.46. The van der Waals surface area contributed by atoms with Gasteiger partial charge in [0.15, 0.2) is 0 Å². The van der Waals surface area contributed by atoms with Gasteiger partial charge in [-0.3, -0.25) is 0 Å². The SMILES string of the molecule is c1ccc(-c2ccc3c(c2)N(c2cccc4c2sc2ccccc24)B2c4cccc5c4N(c4ccccc4C5(c4ccccc4)c4ccccc4)c4cc(C5CCCCC5)cc-3c42)cc1. The number of anilines is 5. The lowest BCUT2D eigenvalue weighted by molar-refractivity contribution is 0.444. The quantitative estimate of drug-likeness (QED) is 0.159. The molecule has 3 aliphatic heterocycles. The normalized spacial score (nSPS) is 15.7. The first kappa shape index (κ1) is 37.3. The molecule has 1 aliphatic carbocycles. The standard InChI is InChI=1S/C61H45BN2S/c1-5-19-40(20-6-1)42-35-36-46-49-37-43(41-21-7-2-8-22-41)39-56-58(49)62(64(55(46)38-42)54-33-17-28-48-47-27-13-16-34-57(47)65-60(48)54)52-31-18-30-51-59(52)63(56)53-32-15-14-29-50(53)61(51,44-23-9-3-10-24-44)45-25-11-4-12-26-45/h1,3-6,9-20,23-39,41H,2,7-8,21-22H2. The van der Waals surface area contributed by atoms with Crippen LogP contribution in [0.15, 0.2) is 206 Å². The van der Waals surface area contributed by atoms with Crippen LogP contribution in [0.25, 0.3) is 42.4 Å². The third kappa shape index (κ3) is 5.29. The van der Waals surface area contributed by atoms with Gasteiger partial charge in [-0.2, -0.15) is 0 Å². The first-order valence-corrected chi connectivity index (χ1v) is 24.3. The Labute approximate surface area is 385 Å². The molecule has 2 nitrogen and oxygen atoms in total. The molecule has 4 aliphatic rings. The van der Waals surface area contributed by atoms with Crippen LogP contribution in [0.5, 0.6) is 0 Å². The van der Waals surface area contributed by atoms with E-state index in [4.69, 9.17) is 0 Å². The molecule has 4 heterocycles. The van der Waals surface area contributed by atoms with Gasteiger partial charge in [-0.1, -0.05) is 195 Å². The van der Waals surface area contributed by atoms with Gasteiger partial charge in [0, 0.05) is 43.8 Å². The Hall–Kier alpha value is -7.14. The number of hydrogen-bond donors (Lipinski definition) is 0. The predicted molar refractivity (Wildman–Crippen MR) is 276 cm³/mol. The van der Waals surface area contributed by atoms with Crippen LogP contribution < -0.4 is 20.6 Å². The van der Waals surface area contributed by atoms with Gasteiger partial charge in [0.1, 0.15) is 0 Å². The van der Waals surface area contributed by atoms with Gasteiger partial charge in [-0.15, -0.1) is 11.3 Å². The molecular formula is C61H45BN2S. The van der Waals surface area contributed by atoms with E-state index < -0.39 is 5.41 Å². The van der Waals surface area contributed by atoms with Gasteiger partial charge < -0.3 is 9.71 Å². The maximum absolute atomic E-state index is 2.76. The Bertz CT molecular complexity index is 3460. The van der Waals surface area contributed by atoms with Gasteiger partial charge in [-0.05, 0) is 105 Å². The van der Waals surface area contributed by atoms with Crippen molar-refractivity contribution in [3.8, 4) is 22.3 Å². The lowest BCUT2D eigenvalue weighted by Gasteiger charge is -2.52. The van der Waals surface area contributed by atoms with Gasteiger partial charge in [0.25, 0.3) is 0 Å². The van der Waals surface area contributed by atoms with Gasteiger partial charge in [0.2, 0.25) is 0 Å². The molecule has 0 spiro atoms. The number of benzene rings is 9. The molecule has 1 fully saturated rings. The van der Waals surface area contributed by atoms with Crippen molar-refractivity contribution in [2.24, 2.45) is 0 Å². The van der Waals surface area contributed by atoms with Crippen LogP contribution in [0.3, 0.4) is 0 Å². The molecule has 10 aromatic rings. The van der Waals surface area contributed by atoms with Gasteiger partial charge in [0.05, 0.1) is 15.8 Å². The Morgan fingerprint density at radius 2 is 1.14 bits per heavy atom. The largest absolute Gasteiger partial charge is 0.375 e. The minimum atomic E-state index is -0.564. The fourth-order valence-electron chi connectivity index (χ4n) is 12.5. The summed E-state index contributed by atoms with van der Waals surface area (Å²) >= 11 is 1.93. The molecule has 308 valence electrons. The minimum absolute atomic E-state index is 0.101. The van der Waals surface area contributed by atoms with Gasteiger partial charge in [-0.25, -0.2) is 0 Å². The molecule has 9 aromatic carbocycles. The van der Waals surface area contributed by atoms with Crippen molar-refractivity contribution in [1.29, 1.82) is 0 Å². The van der Waals surface area contributed by atoms with Crippen molar-refractivity contribution in [1.82, 2.24) is 0 Å². The van der Waals surface area contributed by atoms with Crippen molar-refractivity contribution >= 4 is 77.7 Å². The highest BCUT2D eigenvalue weighted by Gasteiger charge is 2.53. The highest BCUT2D eigenvalue weighted by atomic mass is 32.1. The first-order chi connectivity index (χ1) is 32.3. The van der Waals surface area contributed by atoms with Crippen LogP contribution in [0.4, 0.5) is 28.4 Å². The second-order valence-electron chi connectivity index (χ2n) is 18.5. The Morgan fingerprint density at radius 3 is 1.94 bits per heavy atom. The minimum Gasteiger partial charge on any atom is -0.375 e. The van der Waals surface area contributed by atoms with E-state index in [1.54, 1.807) is 0 Å². The molecule has 4 heteroatoms. The third-order valence-electron chi connectivity index (χ3n) is 15.3. The van der Waals surface area contributed by atoms with E-state index in [1.165, 1.54) is 142 Å². The Balaban J connectivity index is 1.14. The summed E-state index contributed by atoms with van der Waals surface area (Å²) in [7, 11) is 0. The number of rotatable bonds is 5. The second-order valence-corrected chi connectivity index (χ2v) is 19.6. The van der Waals surface area contributed by atoms with Gasteiger partial charge >= 0.3 is 6.85 Å². The third-order valence-corrected chi connectivity index (χ3v) is 16.5. The lowest BCUT2D eigenvalue weighted by atomic mass is 9.42. The van der Waals surface area contributed by atoms with Crippen LogP contribution in [-0.2, 0) is 5.41 Å². The van der Waals surface area contributed by atoms with E-state index in [1.807, 2.05) is 11.3 Å². The zero-order valence-electron chi connectivity index (χ0n) is 36.1. The van der Waals surface area contributed by atoms with E-state index in [-0.39, 0.29) is 6.85 Å². The zero-order chi connectivity index (χ0) is 42.6. The monoisotopic (exact) mass is 848 g/mol. The molecule has 0 bridgehead atoms. The Morgan fingerprint density at radius 1 is 0.477 bits per heavy atom. The maximum Gasteiger partial charge on any atom is 0.333 e. The van der Waals surface area contributed by atoms with Crippen LogP contribution >= 0.6 is 11.3 Å². The van der Waals surface area contributed by atoms with Crippen LogP contribution in [-0.4, -0.2) is 6.85 Å². The molecule has 14 rings (SSSR count). The van der Waals surface area contributed by atoms with Crippen molar-refractivity contribution in [3.63, 3.8) is 0 Å². The number of para-hydroxylation sites is 2. The zero-order valence-corrected chi connectivity index (χ0v) is 36.9. The summed E-state index contributed by atoms with van der Waals surface area (Å²) in [6.07, 6.45) is 6.40. The van der Waals surface area contributed by atoms with Crippen molar-refractivity contribution in [3.05, 3.63) is 234 Å². The maximum atomic E-state index is 2.76. The highest BCUT2D eigenvalue weighted by Crippen LogP contribution is 2.60. The molecule has 0 radical (unpaired) electrons. The van der Waals surface area contributed by atoms with Crippen molar-refractivity contribution < 1.29 is 0 Å². The molecule has 1 saturated carbocycles. The summed E-state index contributed by atoms with van der Waals surface area (Å²) in [5, 5.41) is 2.64. The topological polar surface area (TPSA) is 6.48 Å². The summed E-state index contributed by atoms with van der Waals surface area (Å²) in [5.74, 6) is 0.533. The number of nitrogens with zero attached hydrogens (tertiary/aromatic N) is 2. The molecule has 0 saturated heterocycles. The molecule has 1 aromatic heterocycles. The summed E-state index contributed by atoms with van der Waals surface area (Å²) in [6.45, 7) is -0.101. The lowest BCUT2D eigenvalue weighted by Crippen LogP contribution is -2.62. The molecule has 0 unspecified atom stereocenters. The van der Waals surface area contributed by atoms with Crippen LogP contribution in [0, 0.1) is 0 Å². The van der Waals surface area contributed by atoms with Crippen molar-refractivity contribution in [2.45, 2.75) is 43.4 Å². The summed E-state index contributed by atoms with van der Waals surface area (Å²) < 4.78 is 2.65. The molecular weight excluding hydrogens is 804 g/mol. The van der Waals surface area contributed by atoms with E-state index in [9.17, 15) is 0 Å². The number of hydrogen-bond acceptors (Lipinski definition) is 3. The molecule has 0 N–H and O–H groups in total. The van der Waals surface area contributed by atoms with Crippen LogP contribution in [0.1, 0.15) is 65.8 Å². The molecule has 65 heavy (non-hydrogen) atoms. The first-order valence-electron chi connectivity index (χ1n) is 23.5. The van der Waals surface area contributed by atoms with E-state index in [0.29, 0.717) is 5.92 Å². The fourth-order valence-corrected chi connectivity index (χ4v) is 13.8. The molecule has 0 atom stereocenters. The van der Waals surface area contributed by atoms with E-state index in [0.717, 1.165) is 0 Å². The van der Waals surface area contributed by atoms with Crippen LogP contribution in [0.2, 0.25) is 0 Å². The number of thiophene rings is 1.